The SMILES string of the molecule is CN(C(=O)[C@H]1CC(=O)N(c2ccc(F)cc2F)C1)[C@@H]1CCNC1. The number of likely N-dealkylation sites (N-methyl/N-ethyl adjacent to an activating group) is 1. The number of hydrogen-bond donors (Lipinski definition) is 1. The van der Waals surface area contributed by atoms with Gasteiger partial charge in [0.1, 0.15) is 11.6 Å². The molecule has 1 aromatic carbocycles. The molecule has 0 spiro atoms. The number of nitrogens with zero attached hydrogens (tertiary/aromatic N) is 2. The van der Waals surface area contributed by atoms with Crippen LogP contribution in [0.2, 0.25) is 0 Å². The van der Waals surface area contributed by atoms with Crippen LogP contribution in [-0.2, 0) is 9.59 Å². The Morgan fingerprint density at radius 2 is 2.17 bits per heavy atom. The largest absolute Gasteiger partial charge is 0.341 e. The highest BCUT2D eigenvalue weighted by atomic mass is 19.1. The third kappa shape index (κ3) is 3.06. The molecule has 7 heteroatoms. The average molecular weight is 323 g/mol. The average Bonchev–Trinajstić information content (AvgIpc) is 3.16. The smallest absolute Gasteiger partial charge is 0.228 e. The van der Waals surface area contributed by atoms with Crippen LogP contribution < -0.4 is 10.2 Å². The minimum absolute atomic E-state index is 0.0249. The van der Waals surface area contributed by atoms with Crippen LogP contribution in [0.5, 0.6) is 0 Å². The van der Waals surface area contributed by atoms with E-state index in [1.165, 1.54) is 11.0 Å². The van der Waals surface area contributed by atoms with Crippen LogP contribution >= 0.6 is 0 Å². The molecule has 3 rings (SSSR count). The fraction of sp³-hybridized carbons (Fsp3) is 0.500. The van der Waals surface area contributed by atoms with Crippen molar-refractivity contribution >= 4 is 17.5 Å². The Bertz CT molecular complexity index is 632. The highest BCUT2D eigenvalue weighted by Gasteiger charge is 2.39. The predicted molar refractivity (Wildman–Crippen MR) is 80.9 cm³/mol. The molecule has 0 bridgehead atoms. The van der Waals surface area contributed by atoms with Crippen molar-refractivity contribution in [1.82, 2.24) is 10.2 Å². The summed E-state index contributed by atoms with van der Waals surface area (Å²) in [5, 5.41) is 3.20. The number of carbonyl (C=O) groups is 2. The first-order valence-electron chi connectivity index (χ1n) is 7.70. The van der Waals surface area contributed by atoms with Gasteiger partial charge in [0.25, 0.3) is 0 Å². The van der Waals surface area contributed by atoms with Crippen LogP contribution in [0.4, 0.5) is 14.5 Å². The summed E-state index contributed by atoms with van der Waals surface area (Å²) in [7, 11) is 1.74. The molecule has 0 aliphatic carbocycles. The van der Waals surface area contributed by atoms with Gasteiger partial charge in [0.15, 0.2) is 0 Å². The van der Waals surface area contributed by atoms with Gasteiger partial charge in [-0.2, -0.15) is 0 Å². The highest BCUT2D eigenvalue weighted by molar-refractivity contribution is 6.00. The number of anilines is 1. The van der Waals surface area contributed by atoms with Crippen molar-refractivity contribution in [2.24, 2.45) is 5.92 Å². The van der Waals surface area contributed by atoms with Gasteiger partial charge in [-0.15, -0.1) is 0 Å². The Hall–Kier alpha value is -2.02. The zero-order chi connectivity index (χ0) is 16.6. The summed E-state index contributed by atoms with van der Waals surface area (Å²) in [6.45, 7) is 1.75. The zero-order valence-electron chi connectivity index (χ0n) is 12.9. The Kier molecular flexibility index (Phi) is 4.30. The third-order valence-corrected chi connectivity index (χ3v) is 4.60. The molecule has 2 atom stereocenters. The van der Waals surface area contributed by atoms with Gasteiger partial charge in [-0.25, -0.2) is 8.78 Å². The van der Waals surface area contributed by atoms with Gasteiger partial charge < -0.3 is 15.1 Å². The lowest BCUT2D eigenvalue weighted by atomic mass is 10.1. The lowest BCUT2D eigenvalue weighted by molar-refractivity contribution is -0.136. The topological polar surface area (TPSA) is 52.7 Å². The molecule has 2 aliphatic heterocycles. The first-order valence-corrected chi connectivity index (χ1v) is 7.70. The molecule has 1 aromatic rings. The minimum Gasteiger partial charge on any atom is -0.341 e. The van der Waals surface area contributed by atoms with E-state index in [9.17, 15) is 18.4 Å². The number of nitrogens with one attached hydrogen (secondary N) is 1. The van der Waals surface area contributed by atoms with Crippen molar-refractivity contribution in [3.05, 3.63) is 29.8 Å². The Morgan fingerprint density at radius 1 is 1.39 bits per heavy atom. The van der Waals surface area contributed by atoms with Gasteiger partial charge in [-0.3, -0.25) is 9.59 Å². The Labute approximate surface area is 133 Å². The van der Waals surface area contributed by atoms with Gasteiger partial charge >= 0.3 is 0 Å². The molecule has 1 N–H and O–H groups in total. The number of halogens is 2. The number of carbonyl (C=O) groups excluding carboxylic acids is 2. The van der Waals surface area contributed by atoms with Gasteiger partial charge in [-0.05, 0) is 25.1 Å². The molecule has 124 valence electrons. The van der Waals surface area contributed by atoms with Gasteiger partial charge in [0.05, 0.1) is 11.6 Å². The Balaban J connectivity index is 1.72. The summed E-state index contributed by atoms with van der Waals surface area (Å²) >= 11 is 0. The molecule has 5 nitrogen and oxygen atoms in total. The van der Waals surface area contributed by atoms with E-state index < -0.39 is 17.6 Å². The molecule has 2 saturated heterocycles. The van der Waals surface area contributed by atoms with E-state index in [1.807, 2.05) is 0 Å². The van der Waals surface area contributed by atoms with E-state index in [1.54, 1.807) is 11.9 Å². The van der Waals surface area contributed by atoms with Crippen molar-refractivity contribution in [1.29, 1.82) is 0 Å². The fourth-order valence-corrected chi connectivity index (χ4v) is 3.24. The summed E-state index contributed by atoms with van der Waals surface area (Å²) < 4.78 is 26.9. The maximum Gasteiger partial charge on any atom is 0.228 e. The van der Waals surface area contributed by atoms with E-state index in [0.29, 0.717) is 0 Å². The van der Waals surface area contributed by atoms with Crippen LogP contribution in [0.25, 0.3) is 0 Å². The maximum atomic E-state index is 13.9. The number of hydrogen-bond acceptors (Lipinski definition) is 3. The van der Waals surface area contributed by atoms with E-state index in [2.05, 4.69) is 5.32 Å². The Morgan fingerprint density at radius 3 is 2.83 bits per heavy atom. The molecule has 2 aliphatic rings. The van der Waals surface area contributed by atoms with Crippen molar-refractivity contribution in [2.75, 3.05) is 31.6 Å². The zero-order valence-corrected chi connectivity index (χ0v) is 12.9. The normalized spacial score (nSPS) is 24.3. The van der Waals surface area contributed by atoms with Gasteiger partial charge in [0, 0.05) is 38.7 Å². The van der Waals surface area contributed by atoms with Crippen molar-refractivity contribution < 1.29 is 18.4 Å². The van der Waals surface area contributed by atoms with E-state index in [-0.39, 0.29) is 36.5 Å². The number of amides is 2. The summed E-state index contributed by atoms with van der Waals surface area (Å²) in [5.74, 6) is -2.39. The van der Waals surface area contributed by atoms with E-state index in [0.717, 1.165) is 31.6 Å². The van der Waals surface area contributed by atoms with Crippen LogP contribution in [0.3, 0.4) is 0 Å². The summed E-state index contributed by atoms with van der Waals surface area (Å²) in [5.41, 5.74) is 0.0249. The monoisotopic (exact) mass is 323 g/mol. The van der Waals surface area contributed by atoms with Crippen molar-refractivity contribution in [2.45, 2.75) is 18.9 Å². The standard InChI is InChI=1S/C16H19F2N3O2/c1-20(12-4-5-19-8-12)16(23)10-6-15(22)21(9-10)14-3-2-11(17)7-13(14)18/h2-3,7,10,12,19H,4-6,8-9H2,1H3/t10-,12+/m0/s1. The van der Waals surface area contributed by atoms with Gasteiger partial charge in [0.2, 0.25) is 11.8 Å². The lowest BCUT2D eigenvalue weighted by Gasteiger charge is -2.26. The van der Waals surface area contributed by atoms with Crippen LogP contribution in [-0.4, -0.2) is 49.4 Å². The minimum atomic E-state index is -0.792. The number of benzene rings is 1. The molecule has 2 fully saturated rings. The second kappa shape index (κ2) is 6.23. The fourth-order valence-electron chi connectivity index (χ4n) is 3.24. The van der Waals surface area contributed by atoms with E-state index in [4.69, 9.17) is 0 Å². The molecule has 2 heterocycles. The first-order chi connectivity index (χ1) is 11.0. The first kappa shape index (κ1) is 15.9. The van der Waals surface area contributed by atoms with Crippen LogP contribution in [0, 0.1) is 17.6 Å². The molecule has 23 heavy (non-hydrogen) atoms. The van der Waals surface area contributed by atoms with E-state index >= 15 is 0 Å². The lowest BCUT2D eigenvalue weighted by Crippen LogP contribution is -2.42. The van der Waals surface area contributed by atoms with Crippen LogP contribution in [0.15, 0.2) is 18.2 Å². The molecule has 2 amide bonds. The van der Waals surface area contributed by atoms with Gasteiger partial charge in [-0.1, -0.05) is 0 Å². The summed E-state index contributed by atoms with van der Waals surface area (Å²) in [6, 6.07) is 3.22. The molecule has 0 saturated carbocycles. The maximum absolute atomic E-state index is 13.9. The molecule has 0 radical (unpaired) electrons. The molecule has 0 aromatic heterocycles. The molecule has 0 unspecified atom stereocenters. The summed E-state index contributed by atoms with van der Waals surface area (Å²) in [6.07, 6.45) is 0.944. The predicted octanol–water partition coefficient (Wildman–Crippen LogP) is 1.14. The third-order valence-electron chi connectivity index (χ3n) is 4.60. The molecular formula is C16H19F2N3O2. The van der Waals surface area contributed by atoms with Crippen molar-refractivity contribution in [3.8, 4) is 0 Å². The second-order valence-corrected chi connectivity index (χ2v) is 6.10. The molecular weight excluding hydrogens is 304 g/mol. The highest BCUT2D eigenvalue weighted by Crippen LogP contribution is 2.29. The second-order valence-electron chi connectivity index (χ2n) is 6.10. The van der Waals surface area contributed by atoms with Crippen LogP contribution in [0.1, 0.15) is 12.8 Å². The number of rotatable bonds is 3. The summed E-state index contributed by atoms with van der Waals surface area (Å²) in [4.78, 5) is 27.6. The van der Waals surface area contributed by atoms with Crippen molar-refractivity contribution in [3.63, 3.8) is 0 Å². The quantitative estimate of drug-likeness (QED) is 0.907.